The van der Waals surface area contributed by atoms with Crippen molar-refractivity contribution in [2.24, 2.45) is 0 Å². The number of hydrogen-bond acceptors (Lipinski definition) is 5. The van der Waals surface area contributed by atoms with Gasteiger partial charge in [-0.3, -0.25) is 0 Å². The van der Waals surface area contributed by atoms with Gasteiger partial charge in [0.1, 0.15) is 17.7 Å². The number of aromatic nitrogens is 2. The van der Waals surface area contributed by atoms with E-state index in [0.29, 0.717) is 26.4 Å². The smallest absolute Gasteiger partial charge is 0.139 e. The molecule has 2 aliphatic rings. The van der Waals surface area contributed by atoms with Gasteiger partial charge in [-0.15, -0.1) is 6.42 Å². The molecule has 0 spiro atoms. The summed E-state index contributed by atoms with van der Waals surface area (Å²) in [6.07, 6.45) is 5.57. The Bertz CT molecular complexity index is 510. The van der Waals surface area contributed by atoms with Crippen LogP contribution in [0.25, 0.3) is 0 Å². The van der Waals surface area contributed by atoms with Crippen LogP contribution in [0.1, 0.15) is 17.1 Å². The van der Waals surface area contributed by atoms with Crippen LogP contribution in [-0.2, 0) is 22.7 Å². The van der Waals surface area contributed by atoms with E-state index in [1.165, 1.54) is 0 Å². The van der Waals surface area contributed by atoms with E-state index >= 15 is 0 Å². The molecule has 5 heteroatoms. The number of hydrogen-bond donors (Lipinski definition) is 0. The number of morpholine rings is 1. The Hall–Kier alpha value is -1.64. The lowest BCUT2D eigenvalue weighted by Crippen LogP contribution is -2.45. The van der Waals surface area contributed by atoms with Crippen LogP contribution < -0.4 is 4.90 Å². The van der Waals surface area contributed by atoms with Crippen molar-refractivity contribution in [2.45, 2.75) is 26.2 Å². The van der Waals surface area contributed by atoms with Gasteiger partial charge in [-0.2, -0.15) is 0 Å². The van der Waals surface area contributed by atoms with Gasteiger partial charge in [-0.1, -0.05) is 5.92 Å². The zero-order valence-corrected chi connectivity index (χ0v) is 10.3. The molecule has 94 valence electrons. The molecular formula is C13H15N3O2. The minimum Gasteiger partial charge on any atom is -0.376 e. The number of anilines is 1. The average Bonchev–Trinajstić information content (AvgIpc) is 2.85. The second-order valence-corrected chi connectivity index (χ2v) is 4.46. The molecule has 0 radical (unpaired) electrons. The van der Waals surface area contributed by atoms with Crippen LogP contribution in [0.2, 0.25) is 0 Å². The van der Waals surface area contributed by atoms with Gasteiger partial charge in [-0.05, 0) is 6.92 Å². The number of fused-ring (bicyclic) bond motifs is 1. The molecule has 2 aliphatic heterocycles. The monoisotopic (exact) mass is 245 g/mol. The highest BCUT2D eigenvalue weighted by atomic mass is 16.5. The maximum Gasteiger partial charge on any atom is 0.139 e. The summed E-state index contributed by atoms with van der Waals surface area (Å²) >= 11 is 0. The molecule has 3 heterocycles. The number of terminal acetylenes is 1. The molecule has 3 rings (SSSR count). The zero-order chi connectivity index (χ0) is 12.5. The van der Waals surface area contributed by atoms with E-state index < -0.39 is 0 Å². The van der Waals surface area contributed by atoms with Crippen molar-refractivity contribution < 1.29 is 9.47 Å². The third kappa shape index (κ3) is 1.84. The zero-order valence-electron chi connectivity index (χ0n) is 10.3. The summed E-state index contributed by atoms with van der Waals surface area (Å²) in [5.74, 6) is 4.44. The molecule has 0 saturated carbocycles. The molecule has 0 bridgehead atoms. The third-order valence-electron chi connectivity index (χ3n) is 3.26. The van der Waals surface area contributed by atoms with Crippen molar-refractivity contribution in [1.29, 1.82) is 0 Å². The van der Waals surface area contributed by atoms with Crippen molar-refractivity contribution >= 4 is 5.82 Å². The van der Waals surface area contributed by atoms with E-state index in [4.69, 9.17) is 15.9 Å². The van der Waals surface area contributed by atoms with Gasteiger partial charge in [0, 0.05) is 12.1 Å². The Morgan fingerprint density at radius 1 is 1.33 bits per heavy atom. The van der Waals surface area contributed by atoms with Crippen molar-refractivity contribution in [3.05, 3.63) is 17.1 Å². The summed E-state index contributed by atoms with van der Waals surface area (Å²) in [7, 11) is 0. The van der Waals surface area contributed by atoms with Crippen molar-refractivity contribution in [3.8, 4) is 12.3 Å². The summed E-state index contributed by atoms with van der Waals surface area (Å²) in [6, 6.07) is -0.0576. The first-order chi connectivity index (χ1) is 8.79. The molecule has 1 atom stereocenters. The Labute approximate surface area is 106 Å². The van der Waals surface area contributed by atoms with E-state index in [1.54, 1.807) is 0 Å². The largest absolute Gasteiger partial charge is 0.376 e. The Kier molecular flexibility index (Phi) is 2.90. The molecule has 0 amide bonds. The molecule has 1 aromatic rings. The molecule has 1 fully saturated rings. The van der Waals surface area contributed by atoms with E-state index in [0.717, 1.165) is 29.4 Å². The summed E-state index contributed by atoms with van der Waals surface area (Å²) in [5.41, 5.74) is 2.06. The van der Waals surface area contributed by atoms with Crippen LogP contribution in [0.4, 0.5) is 5.82 Å². The Morgan fingerprint density at radius 2 is 2.22 bits per heavy atom. The molecule has 1 saturated heterocycles. The lowest BCUT2D eigenvalue weighted by molar-refractivity contribution is 0.107. The van der Waals surface area contributed by atoms with Crippen LogP contribution in [0.15, 0.2) is 0 Å². The van der Waals surface area contributed by atoms with Gasteiger partial charge in [0.05, 0.1) is 32.1 Å². The highest BCUT2D eigenvalue weighted by molar-refractivity contribution is 5.52. The first-order valence-electron chi connectivity index (χ1n) is 6.04. The molecule has 1 aromatic heterocycles. The van der Waals surface area contributed by atoms with Crippen LogP contribution in [0.5, 0.6) is 0 Å². The molecule has 0 unspecified atom stereocenters. The average molecular weight is 245 g/mol. The van der Waals surface area contributed by atoms with Crippen molar-refractivity contribution in [2.75, 3.05) is 24.7 Å². The van der Waals surface area contributed by atoms with E-state index in [9.17, 15) is 0 Å². The summed E-state index contributed by atoms with van der Waals surface area (Å²) in [5, 5.41) is 0. The van der Waals surface area contributed by atoms with E-state index in [2.05, 4.69) is 20.8 Å². The lowest BCUT2D eigenvalue weighted by atomic mass is 10.1. The summed E-state index contributed by atoms with van der Waals surface area (Å²) < 4.78 is 10.9. The standard InChI is InChI=1S/C13H15N3O2/c1-3-10-6-17-5-4-16(10)13-11-7-18-8-12(11)14-9(2)15-13/h1,10H,4-8H2,2H3/t10-/m0/s1. The predicted octanol–water partition coefficient (Wildman–Crippen LogP) is 0.654. The van der Waals surface area contributed by atoms with Crippen molar-refractivity contribution in [3.63, 3.8) is 0 Å². The van der Waals surface area contributed by atoms with Gasteiger partial charge in [0.2, 0.25) is 0 Å². The molecule has 5 nitrogen and oxygen atoms in total. The Morgan fingerprint density at radius 3 is 3.06 bits per heavy atom. The number of rotatable bonds is 1. The fourth-order valence-corrected chi connectivity index (χ4v) is 2.39. The highest BCUT2D eigenvalue weighted by Crippen LogP contribution is 2.29. The van der Waals surface area contributed by atoms with Crippen LogP contribution in [0.3, 0.4) is 0 Å². The molecule has 0 N–H and O–H groups in total. The van der Waals surface area contributed by atoms with Crippen LogP contribution in [-0.4, -0.2) is 35.8 Å². The molecule has 18 heavy (non-hydrogen) atoms. The topological polar surface area (TPSA) is 47.5 Å². The first kappa shape index (κ1) is 11.5. The van der Waals surface area contributed by atoms with Crippen LogP contribution >= 0.6 is 0 Å². The third-order valence-corrected chi connectivity index (χ3v) is 3.26. The summed E-state index contributed by atoms with van der Waals surface area (Å²) in [4.78, 5) is 11.1. The molecular weight excluding hydrogens is 230 g/mol. The summed E-state index contributed by atoms with van der Waals surface area (Å²) in [6.45, 7) is 5.02. The number of ether oxygens (including phenoxy) is 2. The lowest BCUT2D eigenvalue weighted by Gasteiger charge is -2.34. The molecule has 0 aliphatic carbocycles. The van der Waals surface area contributed by atoms with Crippen molar-refractivity contribution in [1.82, 2.24) is 9.97 Å². The second-order valence-electron chi connectivity index (χ2n) is 4.46. The van der Waals surface area contributed by atoms with Gasteiger partial charge >= 0.3 is 0 Å². The predicted molar refractivity (Wildman–Crippen MR) is 66.0 cm³/mol. The van der Waals surface area contributed by atoms with Crippen LogP contribution in [0, 0.1) is 19.3 Å². The fraction of sp³-hybridized carbons (Fsp3) is 0.538. The number of nitrogens with zero attached hydrogens (tertiary/aromatic N) is 3. The first-order valence-corrected chi connectivity index (χ1v) is 6.04. The SMILES string of the molecule is C#C[C@H]1COCCN1c1nc(C)nc2c1COC2. The van der Waals surface area contributed by atoms with Gasteiger partial charge in [0.25, 0.3) is 0 Å². The minimum absolute atomic E-state index is 0.0576. The Balaban J connectivity index is 2.03. The minimum atomic E-state index is -0.0576. The quantitative estimate of drug-likeness (QED) is 0.680. The maximum absolute atomic E-state index is 5.57. The van der Waals surface area contributed by atoms with Gasteiger partial charge < -0.3 is 14.4 Å². The van der Waals surface area contributed by atoms with E-state index in [-0.39, 0.29) is 6.04 Å². The maximum atomic E-state index is 5.57. The molecule has 0 aromatic carbocycles. The van der Waals surface area contributed by atoms with Gasteiger partial charge in [0.15, 0.2) is 0 Å². The van der Waals surface area contributed by atoms with E-state index in [1.807, 2.05) is 6.92 Å². The number of aryl methyl sites for hydroxylation is 1. The fourth-order valence-electron chi connectivity index (χ4n) is 2.39. The second kappa shape index (κ2) is 4.56. The normalized spacial score (nSPS) is 22.7. The van der Waals surface area contributed by atoms with Gasteiger partial charge in [-0.25, -0.2) is 9.97 Å². The highest BCUT2D eigenvalue weighted by Gasteiger charge is 2.28.